The molecule has 0 aliphatic rings. The van der Waals surface area contributed by atoms with Crippen LogP contribution in [-0.4, -0.2) is 40.2 Å². The Kier molecular flexibility index (Phi) is 7.82. The molecular formula is C12H23NO4S. The molecule has 0 bridgehead atoms. The van der Waals surface area contributed by atoms with Gasteiger partial charge in [0.15, 0.2) is 0 Å². The maximum atomic E-state index is 11.9. The molecule has 0 aliphatic heterocycles. The topological polar surface area (TPSA) is 72.5 Å². The normalized spacial score (nSPS) is 17.4. The number of methoxy groups -OCH3 is 1. The molecule has 0 radical (unpaired) electrons. The van der Waals surface area contributed by atoms with Gasteiger partial charge in [0.2, 0.25) is 5.91 Å². The van der Waals surface area contributed by atoms with Crippen molar-refractivity contribution in [2.24, 2.45) is 5.92 Å². The third kappa shape index (κ3) is 5.62. The van der Waals surface area contributed by atoms with Crippen LogP contribution in [0.25, 0.3) is 0 Å². The van der Waals surface area contributed by atoms with Gasteiger partial charge in [-0.2, -0.15) is 0 Å². The number of carbonyl (C=O) groups is 2. The molecule has 4 atom stereocenters. The molecule has 1 amide bonds. The highest BCUT2D eigenvalue weighted by Gasteiger charge is 2.25. The SMILES string of the molecule is CCC(C)NC(=O)C(C)S(=O)CC(C)C(=O)OC. The molecule has 0 aliphatic carbocycles. The lowest BCUT2D eigenvalue weighted by atomic mass is 10.2. The lowest BCUT2D eigenvalue weighted by Crippen LogP contribution is -2.41. The van der Waals surface area contributed by atoms with Gasteiger partial charge in [-0.25, -0.2) is 0 Å². The van der Waals surface area contributed by atoms with Crippen molar-refractivity contribution in [1.29, 1.82) is 0 Å². The molecule has 6 heteroatoms. The smallest absolute Gasteiger partial charge is 0.309 e. The molecule has 0 spiro atoms. The van der Waals surface area contributed by atoms with Crippen molar-refractivity contribution in [1.82, 2.24) is 5.32 Å². The number of ether oxygens (including phenoxy) is 1. The van der Waals surface area contributed by atoms with Crippen molar-refractivity contribution in [2.75, 3.05) is 12.9 Å². The van der Waals surface area contributed by atoms with E-state index in [4.69, 9.17) is 0 Å². The largest absolute Gasteiger partial charge is 0.469 e. The summed E-state index contributed by atoms with van der Waals surface area (Å²) in [6.45, 7) is 7.11. The molecule has 0 saturated heterocycles. The zero-order valence-corrected chi connectivity index (χ0v) is 12.5. The molecule has 0 aromatic rings. The minimum Gasteiger partial charge on any atom is -0.469 e. The van der Waals surface area contributed by atoms with Crippen LogP contribution in [-0.2, 0) is 25.1 Å². The fourth-order valence-electron chi connectivity index (χ4n) is 1.24. The number of hydrogen-bond acceptors (Lipinski definition) is 4. The van der Waals surface area contributed by atoms with Gasteiger partial charge in [-0.05, 0) is 20.3 Å². The summed E-state index contributed by atoms with van der Waals surface area (Å²) in [5, 5.41) is 2.16. The summed E-state index contributed by atoms with van der Waals surface area (Å²) >= 11 is 0. The maximum Gasteiger partial charge on any atom is 0.309 e. The van der Waals surface area contributed by atoms with Gasteiger partial charge < -0.3 is 10.1 Å². The quantitative estimate of drug-likeness (QED) is 0.700. The lowest BCUT2D eigenvalue weighted by molar-refractivity contribution is -0.144. The van der Waals surface area contributed by atoms with E-state index in [0.717, 1.165) is 6.42 Å². The van der Waals surface area contributed by atoms with Gasteiger partial charge in [0.25, 0.3) is 0 Å². The Morgan fingerprint density at radius 1 is 1.28 bits per heavy atom. The number of carbonyl (C=O) groups excluding carboxylic acids is 2. The molecular weight excluding hydrogens is 254 g/mol. The van der Waals surface area contributed by atoms with E-state index in [9.17, 15) is 13.8 Å². The van der Waals surface area contributed by atoms with E-state index in [1.54, 1.807) is 13.8 Å². The minimum atomic E-state index is -1.38. The van der Waals surface area contributed by atoms with Crippen molar-refractivity contribution in [3.8, 4) is 0 Å². The van der Waals surface area contributed by atoms with E-state index in [1.165, 1.54) is 7.11 Å². The average Bonchev–Trinajstić information content (AvgIpc) is 2.35. The number of amides is 1. The first-order valence-electron chi connectivity index (χ1n) is 6.08. The number of esters is 1. The molecule has 5 nitrogen and oxygen atoms in total. The van der Waals surface area contributed by atoms with Crippen molar-refractivity contribution in [3.05, 3.63) is 0 Å². The third-order valence-electron chi connectivity index (χ3n) is 2.78. The lowest BCUT2D eigenvalue weighted by Gasteiger charge is -2.17. The van der Waals surface area contributed by atoms with E-state index in [0.29, 0.717) is 0 Å². The molecule has 0 saturated carbocycles. The van der Waals surface area contributed by atoms with E-state index in [1.807, 2.05) is 13.8 Å². The van der Waals surface area contributed by atoms with Gasteiger partial charge in [0, 0.05) is 22.6 Å². The molecule has 0 aromatic heterocycles. The number of hydrogen-bond donors (Lipinski definition) is 1. The first-order valence-corrected chi connectivity index (χ1v) is 7.47. The number of nitrogens with one attached hydrogen (secondary N) is 1. The first kappa shape index (κ1) is 17.1. The van der Waals surface area contributed by atoms with Crippen LogP contribution >= 0.6 is 0 Å². The Labute approximate surface area is 111 Å². The van der Waals surface area contributed by atoms with Gasteiger partial charge in [0.1, 0.15) is 5.25 Å². The Hall–Kier alpha value is -0.910. The maximum absolute atomic E-state index is 11.9. The summed E-state index contributed by atoms with van der Waals surface area (Å²) in [5.41, 5.74) is 0. The van der Waals surface area contributed by atoms with E-state index < -0.39 is 27.9 Å². The Morgan fingerprint density at radius 3 is 2.28 bits per heavy atom. The van der Waals surface area contributed by atoms with Crippen LogP contribution in [0.4, 0.5) is 0 Å². The molecule has 106 valence electrons. The highest BCUT2D eigenvalue weighted by Crippen LogP contribution is 2.06. The van der Waals surface area contributed by atoms with Crippen molar-refractivity contribution in [2.45, 2.75) is 45.4 Å². The molecule has 0 aromatic carbocycles. The second-order valence-corrected chi connectivity index (χ2v) is 6.23. The van der Waals surface area contributed by atoms with E-state index in [-0.39, 0.29) is 17.7 Å². The fraction of sp³-hybridized carbons (Fsp3) is 0.833. The Bertz CT molecular complexity index is 319. The van der Waals surface area contributed by atoms with Gasteiger partial charge in [-0.3, -0.25) is 13.8 Å². The molecule has 0 rings (SSSR count). The fourth-order valence-corrected chi connectivity index (χ4v) is 2.47. The summed E-state index contributed by atoms with van der Waals surface area (Å²) in [5.74, 6) is -0.964. The summed E-state index contributed by atoms with van der Waals surface area (Å²) in [6, 6.07) is 0.0648. The molecule has 0 fully saturated rings. The van der Waals surface area contributed by atoms with Gasteiger partial charge in [0.05, 0.1) is 13.0 Å². The van der Waals surface area contributed by atoms with Gasteiger partial charge >= 0.3 is 5.97 Å². The molecule has 1 N–H and O–H groups in total. The van der Waals surface area contributed by atoms with Crippen molar-refractivity contribution < 1.29 is 18.5 Å². The predicted octanol–water partition coefficient (Wildman–Crippen LogP) is 0.847. The zero-order valence-electron chi connectivity index (χ0n) is 11.7. The second-order valence-electron chi connectivity index (χ2n) is 4.43. The van der Waals surface area contributed by atoms with Crippen LogP contribution in [0.15, 0.2) is 0 Å². The monoisotopic (exact) mass is 277 g/mol. The summed E-state index contributed by atoms with van der Waals surface area (Å²) in [7, 11) is -0.0859. The highest BCUT2D eigenvalue weighted by molar-refractivity contribution is 7.86. The Balaban J connectivity index is 4.33. The van der Waals surface area contributed by atoms with Crippen molar-refractivity contribution in [3.63, 3.8) is 0 Å². The molecule has 18 heavy (non-hydrogen) atoms. The minimum absolute atomic E-state index is 0.0648. The molecule has 0 heterocycles. The van der Waals surface area contributed by atoms with Crippen LogP contribution in [0.1, 0.15) is 34.1 Å². The average molecular weight is 277 g/mol. The second kappa shape index (κ2) is 8.24. The van der Waals surface area contributed by atoms with Crippen LogP contribution in [0.5, 0.6) is 0 Å². The van der Waals surface area contributed by atoms with Crippen molar-refractivity contribution >= 4 is 22.7 Å². The predicted molar refractivity (Wildman–Crippen MR) is 71.5 cm³/mol. The summed E-state index contributed by atoms with van der Waals surface area (Å²) in [4.78, 5) is 23.0. The van der Waals surface area contributed by atoms with E-state index >= 15 is 0 Å². The standard InChI is InChI=1S/C12H23NO4S/c1-6-9(3)13-11(14)10(4)18(16)7-8(2)12(15)17-5/h8-10H,6-7H2,1-5H3,(H,13,14). The van der Waals surface area contributed by atoms with Gasteiger partial charge in [-0.15, -0.1) is 0 Å². The highest BCUT2D eigenvalue weighted by atomic mass is 32.2. The first-order chi connectivity index (χ1) is 8.33. The van der Waals surface area contributed by atoms with E-state index in [2.05, 4.69) is 10.1 Å². The molecule has 4 unspecified atom stereocenters. The summed E-state index contributed by atoms with van der Waals surface area (Å²) < 4.78 is 16.5. The van der Waals surface area contributed by atoms with Crippen LogP contribution in [0, 0.1) is 5.92 Å². The van der Waals surface area contributed by atoms with Crippen LogP contribution in [0.2, 0.25) is 0 Å². The van der Waals surface area contributed by atoms with Crippen LogP contribution < -0.4 is 5.32 Å². The summed E-state index contributed by atoms with van der Waals surface area (Å²) in [6.07, 6.45) is 0.823. The number of rotatable bonds is 7. The van der Waals surface area contributed by atoms with Gasteiger partial charge in [-0.1, -0.05) is 13.8 Å². The van der Waals surface area contributed by atoms with Crippen LogP contribution in [0.3, 0.4) is 0 Å². The zero-order chi connectivity index (χ0) is 14.3. The Morgan fingerprint density at radius 2 is 1.83 bits per heavy atom. The third-order valence-corrected chi connectivity index (χ3v) is 4.61.